The highest BCUT2D eigenvalue weighted by Crippen LogP contribution is 2.11. The van der Waals surface area contributed by atoms with Crippen molar-refractivity contribution in [1.82, 2.24) is 20.6 Å². The van der Waals surface area contributed by atoms with Gasteiger partial charge in [-0.25, -0.2) is 9.78 Å². The van der Waals surface area contributed by atoms with Crippen LogP contribution in [0.4, 0.5) is 0 Å². The van der Waals surface area contributed by atoms with E-state index in [4.69, 9.17) is 15.9 Å². The number of aromatic hydroxyl groups is 1. The Bertz CT molecular complexity index is 914. The van der Waals surface area contributed by atoms with E-state index < -0.39 is 48.3 Å². The van der Waals surface area contributed by atoms with E-state index in [1.54, 1.807) is 12.1 Å². The fraction of sp³-hybridized carbons (Fsp3) is 0.316. The van der Waals surface area contributed by atoms with Crippen molar-refractivity contribution < 1.29 is 34.5 Å². The Kier molecular flexibility index (Phi) is 8.09. The minimum absolute atomic E-state index is 0.0527. The molecule has 1 aromatic heterocycles. The molecule has 0 unspecified atom stereocenters. The van der Waals surface area contributed by atoms with Gasteiger partial charge >= 0.3 is 11.9 Å². The molecular formula is C19H23N5O7. The molecule has 0 aliphatic carbocycles. The Balaban J connectivity index is 2.09. The quantitative estimate of drug-likeness (QED) is 0.226. The fourth-order valence-corrected chi connectivity index (χ4v) is 2.73. The number of imidazole rings is 1. The van der Waals surface area contributed by atoms with E-state index in [1.807, 2.05) is 0 Å². The van der Waals surface area contributed by atoms with Gasteiger partial charge in [-0.05, 0) is 24.1 Å². The molecule has 2 aromatic rings. The first kappa shape index (κ1) is 23.3. The number of carbonyl (C=O) groups excluding carboxylic acids is 2. The van der Waals surface area contributed by atoms with Crippen LogP contribution in [0.5, 0.6) is 5.75 Å². The molecule has 0 aliphatic rings. The Morgan fingerprint density at radius 3 is 2.19 bits per heavy atom. The van der Waals surface area contributed by atoms with Gasteiger partial charge in [-0.2, -0.15) is 0 Å². The number of phenols is 1. The number of phenolic OH excluding ortho intramolecular Hbond substituents is 1. The van der Waals surface area contributed by atoms with Gasteiger partial charge in [0.25, 0.3) is 0 Å². The molecule has 0 spiro atoms. The van der Waals surface area contributed by atoms with Crippen LogP contribution in [0.2, 0.25) is 0 Å². The van der Waals surface area contributed by atoms with Crippen molar-refractivity contribution in [3.05, 3.63) is 48.0 Å². The van der Waals surface area contributed by atoms with Gasteiger partial charge < -0.3 is 36.7 Å². The van der Waals surface area contributed by atoms with Gasteiger partial charge in [-0.3, -0.25) is 14.4 Å². The molecule has 0 bridgehead atoms. The largest absolute Gasteiger partial charge is 0.508 e. The van der Waals surface area contributed by atoms with Gasteiger partial charge in [0, 0.05) is 18.3 Å². The molecule has 0 saturated heterocycles. The minimum Gasteiger partial charge on any atom is -0.508 e. The van der Waals surface area contributed by atoms with E-state index in [2.05, 4.69) is 20.6 Å². The highest BCUT2D eigenvalue weighted by molar-refractivity contribution is 5.93. The average Bonchev–Trinajstić information content (AvgIpc) is 3.21. The van der Waals surface area contributed by atoms with Crippen LogP contribution in [0.1, 0.15) is 17.7 Å². The third kappa shape index (κ3) is 7.44. The standard InChI is InChI=1S/C19H23N5O7/c20-13(5-10-1-3-12(25)4-2-10)17(28)23-14(6-11-8-21-9-22-11)18(29)24-15(19(30)31)7-16(26)27/h1-4,8-9,13-15,25H,5-7,20H2,(H,21,22)(H,23,28)(H,24,29)(H,26,27)(H,30,31)/t13-,14-,15-/m0/s1. The third-order valence-electron chi connectivity index (χ3n) is 4.33. The summed E-state index contributed by atoms with van der Waals surface area (Å²) in [5, 5.41) is 31.9. The summed E-state index contributed by atoms with van der Waals surface area (Å²) in [7, 11) is 0. The molecule has 2 rings (SSSR count). The molecule has 3 atom stereocenters. The van der Waals surface area contributed by atoms with Gasteiger partial charge in [0.15, 0.2) is 0 Å². The lowest BCUT2D eigenvalue weighted by atomic mass is 10.0. The van der Waals surface area contributed by atoms with Crippen molar-refractivity contribution >= 4 is 23.8 Å². The first-order chi connectivity index (χ1) is 14.7. The van der Waals surface area contributed by atoms with Crippen molar-refractivity contribution in [2.24, 2.45) is 5.73 Å². The van der Waals surface area contributed by atoms with Gasteiger partial charge in [-0.1, -0.05) is 12.1 Å². The molecule has 0 aliphatic heterocycles. The molecule has 166 valence electrons. The molecule has 0 radical (unpaired) electrons. The molecule has 12 heteroatoms. The maximum Gasteiger partial charge on any atom is 0.326 e. The third-order valence-corrected chi connectivity index (χ3v) is 4.33. The number of nitrogens with one attached hydrogen (secondary N) is 3. The number of nitrogens with two attached hydrogens (primary N) is 1. The monoisotopic (exact) mass is 433 g/mol. The van der Waals surface area contributed by atoms with Gasteiger partial charge in [0.05, 0.1) is 18.8 Å². The first-order valence-electron chi connectivity index (χ1n) is 9.21. The van der Waals surface area contributed by atoms with Crippen LogP contribution in [0.3, 0.4) is 0 Å². The molecular weight excluding hydrogens is 410 g/mol. The van der Waals surface area contributed by atoms with E-state index in [0.717, 1.165) is 0 Å². The summed E-state index contributed by atoms with van der Waals surface area (Å²) in [6, 6.07) is 2.16. The van der Waals surface area contributed by atoms with Crippen LogP contribution in [-0.2, 0) is 32.0 Å². The van der Waals surface area contributed by atoms with E-state index in [0.29, 0.717) is 11.3 Å². The normalized spacial score (nSPS) is 13.6. The second kappa shape index (κ2) is 10.7. The van der Waals surface area contributed by atoms with E-state index >= 15 is 0 Å². The second-order valence-electron chi connectivity index (χ2n) is 6.82. The minimum atomic E-state index is -1.67. The summed E-state index contributed by atoms with van der Waals surface area (Å²) >= 11 is 0. The van der Waals surface area contributed by atoms with Crippen molar-refractivity contribution in [3.8, 4) is 5.75 Å². The van der Waals surface area contributed by atoms with Crippen LogP contribution in [-0.4, -0.2) is 67.2 Å². The molecule has 1 aromatic carbocycles. The molecule has 12 nitrogen and oxygen atoms in total. The van der Waals surface area contributed by atoms with E-state index in [-0.39, 0.29) is 18.6 Å². The number of amides is 2. The number of carboxylic acid groups (broad SMARTS) is 2. The SMILES string of the molecule is N[C@@H](Cc1ccc(O)cc1)C(=O)N[C@@H](Cc1cnc[nH]1)C(=O)N[C@@H](CC(=O)O)C(=O)O. The van der Waals surface area contributed by atoms with Crippen LogP contribution in [0, 0.1) is 0 Å². The molecule has 0 saturated carbocycles. The van der Waals surface area contributed by atoms with Crippen molar-refractivity contribution in [1.29, 1.82) is 0 Å². The Hall–Kier alpha value is -3.93. The summed E-state index contributed by atoms with van der Waals surface area (Å²) in [6.45, 7) is 0. The summed E-state index contributed by atoms with van der Waals surface area (Å²) < 4.78 is 0. The Labute approximate surface area is 176 Å². The number of carbonyl (C=O) groups is 4. The van der Waals surface area contributed by atoms with Crippen LogP contribution < -0.4 is 16.4 Å². The lowest BCUT2D eigenvalue weighted by Crippen LogP contribution is -2.55. The summed E-state index contributed by atoms with van der Waals surface area (Å²) in [5.74, 6) is -4.41. The second-order valence-corrected chi connectivity index (χ2v) is 6.82. The van der Waals surface area contributed by atoms with Crippen molar-refractivity contribution in [3.63, 3.8) is 0 Å². The molecule has 0 fully saturated rings. The highest BCUT2D eigenvalue weighted by Gasteiger charge is 2.29. The summed E-state index contributed by atoms with van der Waals surface area (Å²) in [6.07, 6.45) is 2.04. The number of aromatic nitrogens is 2. The molecule has 8 N–H and O–H groups in total. The lowest BCUT2D eigenvalue weighted by Gasteiger charge is -2.22. The number of carboxylic acids is 2. The molecule has 2 amide bonds. The zero-order valence-corrected chi connectivity index (χ0v) is 16.3. The number of aliphatic carboxylic acids is 2. The number of nitrogens with zero attached hydrogens (tertiary/aromatic N) is 1. The smallest absolute Gasteiger partial charge is 0.326 e. The van der Waals surface area contributed by atoms with Crippen LogP contribution >= 0.6 is 0 Å². The number of aromatic amines is 1. The lowest BCUT2D eigenvalue weighted by molar-refractivity contribution is -0.147. The van der Waals surface area contributed by atoms with Gasteiger partial charge in [-0.15, -0.1) is 0 Å². The molecule has 31 heavy (non-hydrogen) atoms. The van der Waals surface area contributed by atoms with Crippen LogP contribution in [0.25, 0.3) is 0 Å². The van der Waals surface area contributed by atoms with Crippen molar-refractivity contribution in [2.45, 2.75) is 37.4 Å². The maximum atomic E-state index is 12.6. The Morgan fingerprint density at radius 2 is 1.65 bits per heavy atom. The van der Waals surface area contributed by atoms with Gasteiger partial charge in [0.2, 0.25) is 11.8 Å². The number of rotatable bonds is 11. The molecule has 1 heterocycles. The predicted octanol–water partition coefficient (Wildman–Crippen LogP) is -1.24. The van der Waals surface area contributed by atoms with E-state index in [1.165, 1.54) is 24.7 Å². The summed E-state index contributed by atoms with van der Waals surface area (Å²) in [5.41, 5.74) is 7.09. The van der Waals surface area contributed by atoms with Crippen LogP contribution in [0.15, 0.2) is 36.8 Å². The van der Waals surface area contributed by atoms with Gasteiger partial charge in [0.1, 0.15) is 17.8 Å². The number of H-pyrrole nitrogens is 1. The van der Waals surface area contributed by atoms with E-state index in [9.17, 15) is 24.3 Å². The Morgan fingerprint density at radius 1 is 1.00 bits per heavy atom. The maximum absolute atomic E-state index is 12.6. The average molecular weight is 433 g/mol. The topological polar surface area (TPSA) is 208 Å². The fourth-order valence-electron chi connectivity index (χ4n) is 2.73. The predicted molar refractivity (Wildman–Crippen MR) is 106 cm³/mol. The zero-order valence-electron chi connectivity index (χ0n) is 16.3. The van der Waals surface area contributed by atoms with Crippen molar-refractivity contribution in [2.75, 3.05) is 0 Å². The number of benzene rings is 1. The zero-order chi connectivity index (χ0) is 23.0. The number of hydrogen-bond acceptors (Lipinski definition) is 7. The summed E-state index contributed by atoms with van der Waals surface area (Å²) in [4.78, 5) is 53.9. The highest BCUT2D eigenvalue weighted by atomic mass is 16.4. The number of hydrogen-bond donors (Lipinski definition) is 7. The first-order valence-corrected chi connectivity index (χ1v) is 9.21.